The van der Waals surface area contributed by atoms with Crippen molar-refractivity contribution in [3.63, 3.8) is 0 Å². The lowest BCUT2D eigenvalue weighted by Gasteiger charge is -2.35. The molecule has 1 N–H and O–H groups in total. The minimum Gasteiger partial charge on any atom is -0.319 e. The molecule has 138 valence electrons. The molecule has 3 rings (SSSR count). The number of amides is 2. The number of aryl methyl sites for hydroxylation is 2. The van der Waals surface area contributed by atoms with Gasteiger partial charge in [-0.25, -0.2) is 4.79 Å². The lowest BCUT2D eigenvalue weighted by molar-refractivity contribution is 0.151. The maximum absolute atomic E-state index is 13.0. The van der Waals surface area contributed by atoms with Crippen LogP contribution in [-0.4, -0.2) is 59.6 Å². The molecular weight excluding hydrogens is 330 g/mol. The molecule has 1 atom stereocenters. The zero-order chi connectivity index (χ0) is 17.6. The number of nitrogens with one attached hydrogen (secondary N) is 1. The van der Waals surface area contributed by atoms with E-state index in [2.05, 4.69) is 41.1 Å². The van der Waals surface area contributed by atoms with E-state index in [1.54, 1.807) is 0 Å². The van der Waals surface area contributed by atoms with Gasteiger partial charge in [0.1, 0.15) is 0 Å². The summed E-state index contributed by atoms with van der Waals surface area (Å²) in [6.45, 7) is 8.45. The number of carbonyl (C=O) groups excluding carboxylic acids is 1. The molecule has 2 heterocycles. The van der Waals surface area contributed by atoms with Crippen molar-refractivity contribution in [2.24, 2.45) is 0 Å². The first-order valence-corrected chi connectivity index (χ1v) is 10.7. The van der Waals surface area contributed by atoms with E-state index in [0.29, 0.717) is 6.04 Å². The molecule has 0 bridgehead atoms. The highest BCUT2D eigenvalue weighted by molar-refractivity contribution is 7.99. The van der Waals surface area contributed by atoms with E-state index in [9.17, 15) is 4.79 Å². The number of rotatable bonds is 3. The smallest absolute Gasteiger partial charge is 0.319 e. The molecule has 0 saturated carbocycles. The lowest BCUT2D eigenvalue weighted by Crippen LogP contribution is -2.50. The molecular formula is C20H31N3OS. The Balaban J connectivity index is 1.66. The normalized spacial score (nSPS) is 22.5. The molecule has 0 aliphatic carbocycles. The number of nitrogens with zero attached hydrogens (tertiary/aromatic N) is 2. The number of likely N-dealkylation sites (tertiary alicyclic amines) is 1. The van der Waals surface area contributed by atoms with Crippen molar-refractivity contribution >= 4 is 23.5 Å². The summed E-state index contributed by atoms with van der Waals surface area (Å²) in [5.74, 6) is 2.21. The number of piperidine rings is 1. The van der Waals surface area contributed by atoms with Crippen LogP contribution in [0.2, 0.25) is 0 Å². The highest BCUT2D eigenvalue weighted by Crippen LogP contribution is 2.21. The van der Waals surface area contributed by atoms with Crippen LogP contribution in [0, 0.1) is 13.8 Å². The largest absolute Gasteiger partial charge is 0.322 e. The number of benzene rings is 1. The summed E-state index contributed by atoms with van der Waals surface area (Å²) in [7, 11) is 0. The Bertz CT molecular complexity index is 586. The van der Waals surface area contributed by atoms with Crippen molar-refractivity contribution in [3.05, 3.63) is 29.3 Å². The van der Waals surface area contributed by atoms with Gasteiger partial charge in [0.15, 0.2) is 0 Å². The minimum absolute atomic E-state index is 0.0627. The van der Waals surface area contributed by atoms with E-state index in [1.807, 2.05) is 17.8 Å². The molecule has 1 aromatic rings. The molecule has 2 aliphatic heterocycles. The summed E-state index contributed by atoms with van der Waals surface area (Å²) < 4.78 is 0. The van der Waals surface area contributed by atoms with E-state index >= 15 is 0 Å². The zero-order valence-electron chi connectivity index (χ0n) is 15.6. The average molecular weight is 362 g/mol. The molecule has 0 radical (unpaired) electrons. The number of thioether (sulfide) groups is 1. The van der Waals surface area contributed by atoms with Crippen LogP contribution >= 0.6 is 11.8 Å². The number of urea groups is 1. The SMILES string of the molecule is Cc1ccc(NC(=O)N2CCCSCC2CN2CCCCC2)cc1C. The summed E-state index contributed by atoms with van der Waals surface area (Å²) in [5.41, 5.74) is 3.38. The average Bonchev–Trinajstić information content (AvgIpc) is 2.84. The Labute approximate surface area is 156 Å². The molecule has 2 saturated heterocycles. The third-order valence-corrected chi connectivity index (χ3v) is 6.57. The fourth-order valence-corrected chi connectivity index (χ4v) is 4.76. The topological polar surface area (TPSA) is 35.6 Å². The third kappa shape index (κ3) is 5.14. The van der Waals surface area contributed by atoms with Gasteiger partial charge in [0.2, 0.25) is 0 Å². The Morgan fingerprint density at radius 2 is 1.92 bits per heavy atom. The van der Waals surface area contributed by atoms with Crippen LogP contribution < -0.4 is 5.32 Å². The molecule has 0 aromatic heterocycles. The molecule has 1 unspecified atom stereocenters. The maximum atomic E-state index is 13.0. The van der Waals surface area contributed by atoms with Crippen molar-refractivity contribution in [3.8, 4) is 0 Å². The summed E-state index contributed by atoms with van der Waals surface area (Å²) >= 11 is 2.00. The van der Waals surface area contributed by atoms with Crippen molar-refractivity contribution in [2.45, 2.75) is 45.6 Å². The Morgan fingerprint density at radius 1 is 1.12 bits per heavy atom. The summed E-state index contributed by atoms with van der Waals surface area (Å²) in [6, 6.07) is 6.53. The van der Waals surface area contributed by atoms with Gasteiger partial charge in [-0.05, 0) is 75.2 Å². The van der Waals surface area contributed by atoms with Gasteiger partial charge in [-0.3, -0.25) is 0 Å². The van der Waals surface area contributed by atoms with Gasteiger partial charge in [-0.2, -0.15) is 11.8 Å². The predicted molar refractivity (Wildman–Crippen MR) is 108 cm³/mol. The van der Waals surface area contributed by atoms with E-state index < -0.39 is 0 Å². The number of carbonyl (C=O) groups is 1. The first-order chi connectivity index (χ1) is 12.1. The van der Waals surface area contributed by atoms with Crippen LogP contribution in [0.15, 0.2) is 18.2 Å². The zero-order valence-corrected chi connectivity index (χ0v) is 16.4. The van der Waals surface area contributed by atoms with E-state index in [4.69, 9.17) is 0 Å². The van der Waals surface area contributed by atoms with E-state index in [1.165, 1.54) is 43.5 Å². The first kappa shape index (κ1) is 18.6. The van der Waals surface area contributed by atoms with Crippen LogP contribution in [0.5, 0.6) is 0 Å². The molecule has 4 nitrogen and oxygen atoms in total. The second-order valence-electron chi connectivity index (χ2n) is 7.37. The lowest BCUT2D eigenvalue weighted by atomic mass is 10.1. The molecule has 2 fully saturated rings. The van der Waals surface area contributed by atoms with Gasteiger partial charge in [0.05, 0.1) is 6.04 Å². The fraction of sp³-hybridized carbons (Fsp3) is 0.650. The Hall–Kier alpha value is -1.20. The van der Waals surface area contributed by atoms with Crippen LogP contribution in [0.4, 0.5) is 10.5 Å². The van der Waals surface area contributed by atoms with Crippen LogP contribution in [0.25, 0.3) is 0 Å². The van der Waals surface area contributed by atoms with Crippen LogP contribution in [-0.2, 0) is 0 Å². The minimum atomic E-state index is 0.0627. The van der Waals surface area contributed by atoms with Gasteiger partial charge < -0.3 is 15.1 Å². The van der Waals surface area contributed by atoms with Crippen molar-refractivity contribution < 1.29 is 4.79 Å². The first-order valence-electron chi connectivity index (χ1n) is 9.58. The Kier molecular flexibility index (Phi) is 6.65. The second-order valence-corrected chi connectivity index (χ2v) is 8.52. The third-order valence-electron chi connectivity index (χ3n) is 5.38. The molecule has 5 heteroatoms. The summed E-state index contributed by atoms with van der Waals surface area (Å²) in [5, 5.41) is 3.13. The van der Waals surface area contributed by atoms with Gasteiger partial charge in [-0.1, -0.05) is 12.5 Å². The summed E-state index contributed by atoms with van der Waals surface area (Å²) in [4.78, 5) is 17.6. The van der Waals surface area contributed by atoms with Gasteiger partial charge in [0.25, 0.3) is 0 Å². The second kappa shape index (κ2) is 8.95. The standard InChI is InChI=1S/C20H31N3OS/c1-16-7-8-18(13-17(16)2)21-20(24)23-11-6-12-25-15-19(23)14-22-9-4-3-5-10-22/h7-8,13,19H,3-6,9-12,14-15H2,1-2H3,(H,21,24). The van der Waals surface area contributed by atoms with Gasteiger partial charge >= 0.3 is 6.03 Å². The van der Waals surface area contributed by atoms with Crippen LogP contribution in [0.1, 0.15) is 36.8 Å². The maximum Gasteiger partial charge on any atom is 0.322 e. The van der Waals surface area contributed by atoms with E-state index in [0.717, 1.165) is 36.7 Å². The highest BCUT2D eigenvalue weighted by Gasteiger charge is 2.28. The number of hydrogen-bond acceptors (Lipinski definition) is 3. The monoisotopic (exact) mass is 361 g/mol. The number of anilines is 1. The molecule has 1 aromatic carbocycles. The predicted octanol–water partition coefficient (Wildman–Crippen LogP) is 4.13. The quantitative estimate of drug-likeness (QED) is 0.879. The van der Waals surface area contributed by atoms with Crippen LogP contribution in [0.3, 0.4) is 0 Å². The Morgan fingerprint density at radius 3 is 2.68 bits per heavy atom. The molecule has 25 heavy (non-hydrogen) atoms. The van der Waals surface area contributed by atoms with Crippen molar-refractivity contribution in [2.75, 3.05) is 43.0 Å². The highest BCUT2D eigenvalue weighted by atomic mass is 32.2. The van der Waals surface area contributed by atoms with Gasteiger partial charge in [0, 0.05) is 24.5 Å². The summed E-state index contributed by atoms with van der Waals surface area (Å²) in [6.07, 6.45) is 5.04. The van der Waals surface area contributed by atoms with E-state index in [-0.39, 0.29) is 6.03 Å². The van der Waals surface area contributed by atoms with Crippen molar-refractivity contribution in [1.29, 1.82) is 0 Å². The molecule has 2 aliphatic rings. The molecule has 2 amide bonds. The van der Waals surface area contributed by atoms with Gasteiger partial charge in [-0.15, -0.1) is 0 Å². The van der Waals surface area contributed by atoms with Crippen molar-refractivity contribution in [1.82, 2.24) is 9.80 Å². The number of hydrogen-bond donors (Lipinski definition) is 1. The molecule has 0 spiro atoms. The fourth-order valence-electron chi connectivity index (χ4n) is 3.70.